The molecule has 0 heterocycles. The van der Waals surface area contributed by atoms with E-state index >= 15 is 0 Å². The molecule has 518 valence electrons. The first-order chi connectivity index (χ1) is 44.6. The molecule has 0 spiro atoms. The molecule has 18 nitrogen and oxygen atoms in total. The first kappa shape index (κ1) is 82.4. The first-order valence-corrected chi connectivity index (χ1v) is 36.9. The molecule has 2 unspecified atom stereocenters. The van der Waals surface area contributed by atoms with Gasteiger partial charge in [0.15, 0.2) is 0 Å². The van der Waals surface area contributed by atoms with Gasteiger partial charge in [-0.25, -0.2) is 9.59 Å². The van der Waals surface area contributed by atoms with E-state index < -0.39 is 47.8 Å². The lowest BCUT2D eigenvalue weighted by molar-refractivity contribution is -0.153. The third-order valence-electron chi connectivity index (χ3n) is 15.2. The molecule has 2 aromatic carbocycles. The summed E-state index contributed by atoms with van der Waals surface area (Å²) in [4.78, 5) is 107. The molecule has 0 aliphatic rings. The van der Waals surface area contributed by atoms with Crippen molar-refractivity contribution < 1.29 is 66.8 Å². The Hall–Kier alpha value is -5.70. The molecule has 92 heavy (non-hydrogen) atoms. The van der Waals surface area contributed by atoms with Crippen molar-refractivity contribution in [1.29, 1.82) is 0 Å². The van der Waals surface area contributed by atoms with Gasteiger partial charge >= 0.3 is 35.8 Å². The summed E-state index contributed by atoms with van der Waals surface area (Å²) in [6.45, 7) is 8.44. The van der Waals surface area contributed by atoms with E-state index in [4.69, 9.17) is 28.4 Å². The molecule has 2 aromatic rings. The Morgan fingerprint density at radius 2 is 0.707 bits per heavy atom. The van der Waals surface area contributed by atoms with Crippen LogP contribution in [0.15, 0.2) is 72.8 Å². The van der Waals surface area contributed by atoms with Crippen LogP contribution < -0.4 is 20.1 Å². The highest BCUT2D eigenvalue weighted by Crippen LogP contribution is 2.24. The molecule has 2 rings (SSSR count). The number of carbonyl (C=O) groups excluding carboxylic acids is 8. The molecule has 0 fully saturated rings. The van der Waals surface area contributed by atoms with Gasteiger partial charge < -0.3 is 39.1 Å². The molecular weight excluding hydrogens is 1210 g/mol. The second-order valence-electron chi connectivity index (χ2n) is 23.5. The van der Waals surface area contributed by atoms with Crippen LogP contribution >= 0.6 is 21.6 Å². The van der Waals surface area contributed by atoms with Crippen LogP contribution in [0.1, 0.15) is 219 Å². The number of rotatable bonds is 57. The van der Waals surface area contributed by atoms with Crippen molar-refractivity contribution in [2.45, 2.75) is 232 Å². The van der Waals surface area contributed by atoms with Crippen molar-refractivity contribution in [2.24, 2.45) is 0 Å². The SMILES string of the molecule is CCCCCCCC/C=C\CCCCCCCC(=O)Oc1ccc(CC(=O)OCCOC(=O)C(CSSCC(NC(=O)CN(C)CC)C(=O)OCCOC(=O)Cc2ccc(OC(=O)CCCCCCC/C=C\CCCCCCCC)cc2)NC(=O)CN(C)CC)cc1. The number of hydrogen-bond acceptors (Lipinski definition) is 18. The van der Waals surface area contributed by atoms with Crippen LogP contribution in [0.25, 0.3) is 0 Å². The predicted octanol–water partition coefficient (Wildman–Crippen LogP) is 13.8. The van der Waals surface area contributed by atoms with Crippen molar-refractivity contribution in [3.8, 4) is 11.5 Å². The number of esters is 6. The number of amides is 2. The molecular formula is C72H114N4O14S2. The number of nitrogens with one attached hydrogen (secondary N) is 2. The lowest BCUT2D eigenvalue weighted by atomic mass is 10.1. The normalized spacial score (nSPS) is 12.0. The Bertz CT molecular complexity index is 2230. The van der Waals surface area contributed by atoms with Crippen LogP contribution in [0.4, 0.5) is 0 Å². The Balaban J connectivity index is 1.75. The average molecular weight is 1320 g/mol. The highest BCUT2D eigenvalue weighted by molar-refractivity contribution is 8.76. The van der Waals surface area contributed by atoms with Gasteiger partial charge in [-0.15, -0.1) is 0 Å². The number of likely N-dealkylation sites (N-methyl/N-ethyl adjacent to an activating group) is 2. The van der Waals surface area contributed by atoms with Gasteiger partial charge in [-0.05, 0) is 127 Å². The summed E-state index contributed by atoms with van der Waals surface area (Å²) in [7, 11) is 5.84. The molecule has 2 amide bonds. The van der Waals surface area contributed by atoms with Crippen molar-refractivity contribution in [3.05, 3.63) is 84.0 Å². The van der Waals surface area contributed by atoms with Crippen molar-refractivity contribution in [1.82, 2.24) is 20.4 Å². The number of allylic oxidation sites excluding steroid dienone is 4. The smallest absolute Gasteiger partial charge is 0.329 e. The number of nitrogens with zero attached hydrogens (tertiary/aromatic N) is 2. The second kappa shape index (κ2) is 55.7. The van der Waals surface area contributed by atoms with Crippen molar-refractivity contribution in [3.63, 3.8) is 0 Å². The van der Waals surface area contributed by atoms with Gasteiger partial charge in [0, 0.05) is 24.3 Å². The maximum absolute atomic E-state index is 13.4. The van der Waals surface area contributed by atoms with Crippen LogP contribution in [0, 0.1) is 0 Å². The van der Waals surface area contributed by atoms with Crippen LogP contribution in [0.5, 0.6) is 11.5 Å². The molecule has 0 aliphatic carbocycles. The van der Waals surface area contributed by atoms with Crippen molar-refractivity contribution in [2.75, 3.05) is 78.2 Å². The second-order valence-corrected chi connectivity index (χ2v) is 26.1. The third kappa shape index (κ3) is 45.6. The summed E-state index contributed by atoms with van der Waals surface area (Å²) in [5, 5.41) is 5.43. The summed E-state index contributed by atoms with van der Waals surface area (Å²) in [6.07, 6.45) is 40.4. The highest BCUT2D eigenvalue weighted by Gasteiger charge is 2.27. The van der Waals surface area contributed by atoms with E-state index in [-0.39, 0.29) is 75.8 Å². The third-order valence-corrected chi connectivity index (χ3v) is 17.6. The van der Waals surface area contributed by atoms with Gasteiger partial charge in [-0.2, -0.15) is 0 Å². The minimum absolute atomic E-state index is 0.0167. The zero-order valence-electron chi connectivity index (χ0n) is 56.8. The van der Waals surface area contributed by atoms with Crippen LogP contribution in [-0.4, -0.2) is 148 Å². The average Bonchev–Trinajstić information content (AvgIpc) is 2.33. The molecule has 0 radical (unpaired) electrons. The monoisotopic (exact) mass is 1320 g/mol. The van der Waals surface area contributed by atoms with Gasteiger partial charge in [-0.1, -0.05) is 201 Å². The van der Waals surface area contributed by atoms with E-state index in [2.05, 4.69) is 48.8 Å². The number of hydrogen-bond donors (Lipinski definition) is 2. The summed E-state index contributed by atoms with van der Waals surface area (Å²) >= 11 is 0. The molecule has 2 atom stereocenters. The number of unbranched alkanes of at least 4 members (excludes halogenated alkanes) is 22. The zero-order chi connectivity index (χ0) is 67.1. The Labute approximate surface area is 559 Å². The Morgan fingerprint density at radius 3 is 1.03 bits per heavy atom. The van der Waals surface area contributed by atoms with Gasteiger partial charge in [-0.3, -0.25) is 38.6 Å². The fraction of sp³-hybridized carbons (Fsp3) is 0.667. The molecule has 0 saturated carbocycles. The molecule has 0 bridgehead atoms. The van der Waals surface area contributed by atoms with E-state index in [0.29, 0.717) is 48.6 Å². The van der Waals surface area contributed by atoms with Gasteiger partial charge in [0.2, 0.25) is 11.8 Å². The molecule has 0 aromatic heterocycles. The minimum atomic E-state index is -1.11. The van der Waals surface area contributed by atoms with E-state index in [0.717, 1.165) is 98.6 Å². The Kier molecular flexibility index (Phi) is 49.9. The van der Waals surface area contributed by atoms with E-state index in [1.807, 2.05) is 13.8 Å². The zero-order valence-corrected chi connectivity index (χ0v) is 58.4. The van der Waals surface area contributed by atoms with Crippen molar-refractivity contribution >= 4 is 69.2 Å². The van der Waals surface area contributed by atoms with Crippen LogP contribution in [0.2, 0.25) is 0 Å². The predicted molar refractivity (Wildman–Crippen MR) is 369 cm³/mol. The first-order valence-electron chi connectivity index (χ1n) is 34.4. The number of ether oxygens (including phenoxy) is 6. The molecule has 20 heteroatoms. The fourth-order valence-electron chi connectivity index (χ4n) is 9.39. The Morgan fingerprint density at radius 1 is 0.402 bits per heavy atom. The topological polar surface area (TPSA) is 222 Å². The maximum atomic E-state index is 13.4. The summed E-state index contributed by atoms with van der Waals surface area (Å²) in [5.74, 6) is -3.27. The lowest BCUT2D eigenvalue weighted by Gasteiger charge is -2.21. The lowest BCUT2D eigenvalue weighted by Crippen LogP contribution is -2.47. The summed E-state index contributed by atoms with van der Waals surface area (Å²) in [6, 6.07) is 11.0. The van der Waals surface area contributed by atoms with Gasteiger partial charge in [0.25, 0.3) is 0 Å². The standard InChI is InChI=1S/C72H114N4O14S2/c1-7-11-13-15-17-19-21-23-25-27-29-31-33-35-37-39-67(79)89-61-45-41-59(42-46-61)53-69(81)85-49-51-87-71(83)63(73-65(77)55-75(5)9-3)57-91-92-58-64(74-66(78)56-76(6)10-4)72(84)88-52-50-86-70(82)54-60-43-47-62(48-44-60)90-68(80)40-38-36-34-32-30-28-26-24-22-20-18-16-14-12-8-2/h23-26,41-48,63-64H,7-22,27-40,49-58H2,1-6H3,(H,73,77)(H,74,78)/b25-23-,26-24-. The number of carbonyl (C=O) groups is 8. The van der Waals surface area contributed by atoms with Gasteiger partial charge in [0.05, 0.1) is 25.9 Å². The fourth-order valence-corrected chi connectivity index (χ4v) is 11.7. The minimum Gasteiger partial charge on any atom is -0.462 e. The van der Waals surface area contributed by atoms with E-state index in [1.54, 1.807) is 72.4 Å². The van der Waals surface area contributed by atoms with E-state index in [9.17, 15) is 38.4 Å². The maximum Gasteiger partial charge on any atom is 0.329 e. The molecule has 0 aliphatic heterocycles. The molecule has 0 saturated heterocycles. The van der Waals surface area contributed by atoms with Crippen LogP contribution in [0.3, 0.4) is 0 Å². The quantitative estimate of drug-likeness (QED) is 0.0157. The number of benzene rings is 2. The van der Waals surface area contributed by atoms with Crippen LogP contribution in [-0.2, 0) is 70.1 Å². The van der Waals surface area contributed by atoms with Gasteiger partial charge in [0.1, 0.15) is 50.0 Å². The summed E-state index contributed by atoms with van der Waals surface area (Å²) in [5.41, 5.74) is 1.27. The molecule has 2 N–H and O–H groups in total. The summed E-state index contributed by atoms with van der Waals surface area (Å²) < 4.78 is 32.6. The largest absolute Gasteiger partial charge is 0.462 e. The van der Waals surface area contributed by atoms with E-state index in [1.165, 1.54) is 89.9 Å². The highest BCUT2D eigenvalue weighted by atomic mass is 33.1.